The Labute approximate surface area is 246 Å². The van der Waals surface area contributed by atoms with Gasteiger partial charge in [0.05, 0.1) is 13.1 Å². The van der Waals surface area contributed by atoms with Crippen LogP contribution in [0.1, 0.15) is 36.1 Å². The Morgan fingerprint density at radius 1 is 0.881 bits per heavy atom. The summed E-state index contributed by atoms with van der Waals surface area (Å²) in [4.78, 5) is 44.9. The number of nitrogens with zero attached hydrogens (tertiary/aromatic N) is 4. The average Bonchev–Trinajstić information content (AvgIpc) is 3.35. The number of carbonyl (C=O) groups is 3. The number of hydrogen-bond acceptors (Lipinski definition) is 4. The lowest BCUT2D eigenvalue weighted by Gasteiger charge is -2.46. The van der Waals surface area contributed by atoms with Crippen LogP contribution in [0.4, 0.5) is 4.79 Å². The van der Waals surface area contributed by atoms with Crippen LogP contribution < -0.4 is 5.32 Å². The lowest BCUT2D eigenvalue weighted by molar-refractivity contribution is -0.158. The van der Waals surface area contributed by atoms with Crippen molar-refractivity contribution in [3.63, 3.8) is 0 Å². The number of urea groups is 1. The maximum atomic E-state index is 14.2. The van der Waals surface area contributed by atoms with Gasteiger partial charge in [0.25, 0.3) is 5.91 Å². The third-order valence-electron chi connectivity index (χ3n) is 8.08. The molecule has 2 saturated heterocycles. The zero-order chi connectivity index (χ0) is 29.1. The number of rotatable bonds is 8. The summed E-state index contributed by atoms with van der Waals surface area (Å²) in [6, 6.07) is 32.5. The van der Waals surface area contributed by atoms with Gasteiger partial charge in [-0.05, 0) is 33.9 Å². The summed E-state index contributed by atoms with van der Waals surface area (Å²) in [6.45, 7) is 3.58. The molecule has 214 valence electrons. The minimum atomic E-state index is -0.770. The Hall–Kier alpha value is -4.69. The first kappa shape index (κ1) is 27.5. The fraction of sp³-hybridized carbons (Fsp3) is 0.265. The van der Waals surface area contributed by atoms with Gasteiger partial charge in [0.15, 0.2) is 0 Å². The van der Waals surface area contributed by atoms with Crippen molar-refractivity contribution >= 4 is 28.6 Å². The Morgan fingerprint density at radius 2 is 1.57 bits per heavy atom. The van der Waals surface area contributed by atoms with Crippen LogP contribution in [0, 0.1) is 0 Å². The molecule has 4 amide bonds. The first-order chi connectivity index (χ1) is 20.5. The summed E-state index contributed by atoms with van der Waals surface area (Å²) in [6.07, 6.45) is 0.237. The molecule has 8 nitrogen and oxygen atoms in total. The summed E-state index contributed by atoms with van der Waals surface area (Å²) in [7, 11) is 0. The number of benzene rings is 4. The summed E-state index contributed by atoms with van der Waals surface area (Å²) in [5, 5.41) is 8.74. The number of fused-ring (bicyclic) bond motifs is 2. The smallest absolute Gasteiger partial charge is 0.332 e. The summed E-state index contributed by atoms with van der Waals surface area (Å²) in [5.74, 6) is -0.278. The Kier molecular flexibility index (Phi) is 7.88. The van der Waals surface area contributed by atoms with Gasteiger partial charge < -0.3 is 15.1 Å². The molecule has 4 aromatic carbocycles. The zero-order valence-electron chi connectivity index (χ0n) is 23.7. The molecule has 1 N–H and O–H groups in total. The SMILES string of the molecule is CCCN(C(=O)NCc1ccccc1)N1CC(=O)N2[C@@H](c3ccccc3)C(=O)N(Cc3cccc4ccccc34)C[C@@H]21. The van der Waals surface area contributed by atoms with Crippen molar-refractivity contribution in [1.82, 2.24) is 25.1 Å². The zero-order valence-corrected chi connectivity index (χ0v) is 23.7. The highest BCUT2D eigenvalue weighted by atomic mass is 16.2. The molecule has 2 aliphatic heterocycles. The second-order valence-electron chi connectivity index (χ2n) is 10.8. The predicted molar refractivity (Wildman–Crippen MR) is 162 cm³/mol. The first-order valence-electron chi connectivity index (χ1n) is 14.5. The average molecular weight is 562 g/mol. The number of carbonyl (C=O) groups excluding carboxylic acids is 3. The van der Waals surface area contributed by atoms with E-state index in [0.29, 0.717) is 26.2 Å². The van der Waals surface area contributed by atoms with E-state index < -0.39 is 12.2 Å². The Balaban J connectivity index is 1.33. The fourth-order valence-corrected chi connectivity index (χ4v) is 6.10. The van der Waals surface area contributed by atoms with Gasteiger partial charge in [-0.2, -0.15) is 5.01 Å². The molecular weight excluding hydrogens is 526 g/mol. The van der Waals surface area contributed by atoms with Gasteiger partial charge in [-0.25, -0.2) is 4.79 Å². The normalized spacial score (nSPS) is 18.8. The molecule has 2 heterocycles. The van der Waals surface area contributed by atoms with Crippen LogP contribution >= 0.6 is 0 Å². The molecule has 2 atom stereocenters. The van der Waals surface area contributed by atoms with E-state index in [1.54, 1.807) is 9.91 Å². The van der Waals surface area contributed by atoms with Crippen LogP contribution in [-0.4, -0.2) is 63.5 Å². The van der Waals surface area contributed by atoms with Gasteiger partial charge in [-0.3, -0.25) is 14.6 Å². The molecule has 4 aromatic rings. The third-order valence-corrected chi connectivity index (χ3v) is 8.08. The molecule has 6 rings (SSSR count). The summed E-state index contributed by atoms with van der Waals surface area (Å²) in [5.41, 5.74) is 2.81. The van der Waals surface area contributed by atoms with E-state index >= 15 is 0 Å². The standard InChI is InChI=1S/C34H35N5O3/c1-2-20-37(34(42)35-21-25-12-5-3-6-13-25)38-24-31(40)39-30(38)23-36(33(41)32(39)27-15-7-4-8-16-27)22-28-18-11-17-26-14-9-10-19-29(26)28/h3-19,30,32H,2,20-24H2,1H3,(H,35,42)/t30-,32+/m1/s1. The maximum Gasteiger partial charge on any atom is 0.332 e. The van der Waals surface area contributed by atoms with E-state index in [-0.39, 0.29) is 24.4 Å². The van der Waals surface area contributed by atoms with Gasteiger partial charge in [-0.15, -0.1) is 0 Å². The van der Waals surface area contributed by atoms with Crippen molar-refractivity contribution < 1.29 is 14.4 Å². The number of piperazine rings is 1. The molecule has 0 spiro atoms. The number of nitrogens with one attached hydrogen (secondary N) is 1. The van der Waals surface area contributed by atoms with E-state index in [2.05, 4.69) is 29.6 Å². The lowest BCUT2D eigenvalue weighted by Crippen LogP contribution is -2.62. The predicted octanol–water partition coefficient (Wildman–Crippen LogP) is 4.93. The molecule has 42 heavy (non-hydrogen) atoms. The molecule has 2 aliphatic rings. The topological polar surface area (TPSA) is 76.2 Å². The highest BCUT2D eigenvalue weighted by Gasteiger charge is 2.52. The molecule has 0 radical (unpaired) electrons. The first-order valence-corrected chi connectivity index (χ1v) is 14.5. The van der Waals surface area contributed by atoms with Gasteiger partial charge in [0.2, 0.25) is 5.91 Å². The molecule has 0 bridgehead atoms. The van der Waals surface area contributed by atoms with Gasteiger partial charge in [0, 0.05) is 19.6 Å². The van der Waals surface area contributed by atoms with Crippen molar-refractivity contribution in [2.24, 2.45) is 0 Å². The van der Waals surface area contributed by atoms with Crippen molar-refractivity contribution in [3.05, 3.63) is 120 Å². The van der Waals surface area contributed by atoms with E-state index in [1.807, 2.05) is 95.7 Å². The second kappa shape index (κ2) is 12.0. The highest BCUT2D eigenvalue weighted by Crippen LogP contribution is 2.36. The largest absolute Gasteiger partial charge is 0.333 e. The quantitative estimate of drug-likeness (QED) is 0.331. The monoisotopic (exact) mass is 561 g/mol. The van der Waals surface area contributed by atoms with Gasteiger partial charge in [0.1, 0.15) is 12.2 Å². The van der Waals surface area contributed by atoms with E-state index in [0.717, 1.165) is 33.9 Å². The molecule has 0 saturated carbocycles. The molecule has 2 fully saturated rings. The molecule has 0 aliphatic carbocycles. The second-order valence-corrected chi connectivity index (χ2v) is 10.8. The molecule has 0 aromatic heterocycles. The number of hydrazine groups is 1. The van der Waals surface area contributed by atoms with E-state index in [1.165, 1.54) is 0 Å². The number of hydrogen-bond donors (Lipinski definition) is 1. The maximum absolute atomic E-state index is 14.2. The van der Waals surface area contributed by atoms with Crippen LogP contribution in [-0.2, 0) is 22.7 Å². The molecule has 8 heteroatoms. The molecule has 0 unspecified atom stereocenters. The third kappa shape index (κ3) is 5.33. The highest BCUT2D eigenvalue weighted by molar-refractivity contribution is 5.93. The van der Waals surface area contributed by atoms with Gasteiger partial charge in [-0.1, -0.05) is 110 Å². The lowest BCUT2D eigenvalue weighted by atomic mass is 9.99. The van der Waals surface area contributed by atoms with Crippen LogP contribution in [0.15, 0.2) is 103 Å². The Bertz CT molecular complexity index is 1570. The van der Waals surface area contributed by atoms with Crippen molar-refractivity contribution in [1.29, 1.82) is 0 Å². The van der Waals surface area contributed by atoms with Crippen LogP contribution in [0.5, 0.6) is 0 Å². The van der Waals surface area contributed by atoms with Crippen LogP contribution in [0.3, 0.4) is 0 Å². The minimum Gasteiger partial charge on any atom is -0.333 e. The van der Waals surface area contributed by atoms with Crippen molar-refractivity contribution in [2.45, 2.75) is 38.6 Å². The Morgan fingerprint density at radius 3 is 2.33 bits per heavy atom. The minimum absolute atomic E-state index is 0.0299. The van der Waals surface area contributed by atoms with Gasteiger partial charge >= 0.3 is 6.03 Å². The van der Waals surface area contributed by atoms with Crippen LogP contribution in [0.2, 0.25) is 0 Å². The van der Waals surface area contributed by atoms with E-state index in [9.17, 15) is 14.4 Å². The summed E-state index contributed by atoms with van der Waals surface area (Å²) >= 11 is 0. The van der Waals surface area contributed by atoms with Crippen molar-refractivity contribution in [2.75, 3.05) is 19.6 Å². The summed E-state index contributed by atoms with van der Waals surface area (Å²) < 4.78 is 0. The fourth-order valence-electron chi connectivity index (χ4n) is 6.10. The van der Waals surface area contributed by atoms with Crippen molar-refractivity contribution in [3.8, 4) is 0 Å². The molecular formula is C34H35N5O3. The van der Waals surface area contributed by atoms with Crippen LogP contribution in [0.25, 0.3) is 10.8 Å². The number of amides is 4. The van der Waals surface area contributed by atoms with E-state index in [4.69, 9.17) is 0 Å².